The molecule has 6 nitrogen and oxygen atoms in total. The normalized spacial score (nSPS) is 10.4. The Morgan fingerprint density at radius 3 is 2.32 bits per heavy atom. The van der Waals surface area contributed by atoms with Crippen LogP contribution < -0.4 is 10.9 Å². The zero-order valence-corrected chi connectivity index (χ0v) is 21.9. The van der Waals surface area contributed by atoms with Gasteiger partial charge in [-0.25, -0.2) is 4.98 Å². The Balaban J connectivity index is 1.59. The predicted molar refractivity (Wildman–Crippen MR) is 147 cm³/mol. The zero-order valence-electron chi connectivity index (χ0n) is 19.6. The third-order valence-corrected chi connectivity index (χ3v) is 6.93. The quantitative estimate of drug-likeness (QED) is 0.214. The number of rotatable bonds is 6. The van der Waals surface area contributed by atoms with Crippen molar-refractivity contribution in [1.82, 2.24) is 15.8 Å². The highest BCUT2D eigenvalue weighted by molar-refractivity contribution is 8.00. The van der Waals surface area contributed by atoms with E-state index >= 15 is 0 Å². The molecule has 0 unspecified atom stereocenters. The van der Waals surface area contributed by atoms with E-state index in [1.807, 2.05) is 49.4 Å². The molecule has 4 rings (SSSR count). The summed E-state index contributed by atoms with van der Waals surface area (Å²) >= 11 is 13.6. The summed E-state index contributed by atoms with van der Waals surface area (Å²) in [6.45, 7) is 1.92. The van der Waals surface area contributed by atoms with Gasteiger partial charge >= 0.3 is 0 Å². The molecule has 0 aliphatic heterocycles. The van der Waals surface area contributed by atoms with Crippen LogP contribution in [0.3, 0.4) is 0 Å². The zero-order chi connectivity index (χ0) is 26.4. The number of carbonyl (C=O) groups excluding carboxylic acids is 2. The molecule has 0 saturated carbocycles. The molecule has 184 valence electrons. The number of nitrogens with one attached hydrogen (secondary N) is 2. The molecule has 0 aliphatic rings. The molecule has 2 amide bonds. The molecule has 0 fully saturated rings. The van der Waals surface area contributed by atoms with Gasteiger partial charge in [-0.1, -0.05) is 83.0 Å². The van der Waals surface area contributed by atoms with Gasteiger partial charge in [0.15, 0.2) is 0 Å². The van der Waals surface area contributed by atoms with E-state index in [-0.39, 0.29) is 5.75 Å². The highest BCUT2D eigenvalue weighted by Crippen LogP contribution is 2.37. The van der Waals surface area contributed by atoms with Crippen molar-refractivity contribution in [2.45, 2.75) is 11.9 Å². The van der Waals surface area contributed by atoms with Crippen molar-refractivity contribution in [3.8, 4) is 28.5 Å². The Morgan fingerprint density at radius 1 is 0.946 bits per heavy atom. The van der Waals surface area contributed by atoms with Crippen LogP contribution in [0.25, 0.3) is 22.4 Å². The summed E-state index contributed by atoms with van der Waals surface area (Å²) in [5.74, 6) is -0.964. The molecule has 4 aromatic rings. The Labute approximate surface area is 228 Å². The molecular weight excluding hydrogens is 527 g/mol. The van der Waals surface area contributed by atoms with Gasteiger partial charge in [-0.15, -0.1) is 0 Å². The molecule has 0 atom stereocenters. The summed E-state index contributed by atoms with van der Waals surface area (Å²) in [5, 5.41) is 11.5. The van der Waals surface area contributed by atoms with Crippen LogP contribution >= 0.6 is 35.0 Å². The van der Waals surface area contributed by atoms with Gasteiger partial charge < -0.3 is 0 Å². The third-order valence-electron chi connectivity index (χ3n) is 5.37. The number of hydrogen-bond acceptors (Lipinski definition) is 5. The van der Waals surface area contributed by atoms with Crippen LogP contribution in [0.4, 0.5) is 0 Å². The lowest BCUT2D eigenvalue weighted by atomic mass is 9.99. The Hall–Kier alpha value is -3.83. The molecule has 0 spiro atoms. The molecule has 0 aliphatic carbocycles. The van der Waals surface area contributed by atoms with Gasteiger partial charge in [0.2, 0.25) is 5.91 Å². The fourth-order valence-corrected chi connectivity index (χ4v) is 4.63. The number of nitrogens with zero attached hydrogens (tertiary/aromatic N) is 2. The number of aromatic nitrogens is 1. The monoisotopic (exact) mass is 546 g/mol. The van der Waals surface area contributed by atoms with Gasteiger partial charge in [-0.05, 0) is 43.3 Å². The second kappa shape index (κ2) is 11.9. The smallest absolute Gasteiger partial charge is 0.269 e. The van der Waals surface area contributed by atoms with Crippen LogP contribution in [0.15, 0.2) is 83.9 Å². The maximum atomic E-state index is 12.5. The molecule has 0 radical (unpaired) electrons. The summed E-state index contributed by atoms with van der Waals surface area (Å²) in [6.07, 6.45) is 0. The van der Waals surface area contributed by atoms with Gasteiger partial charge in [-0.3, -0.25) is 20.4 Å². The van der Waals surface area contributed by atoms with Crippen molar-refractivity contribution >= 4 is 46.8 Å². The first kappa shape index (κ1) is 26.2. The number of aryl methyl sites for hydroxylation is 1. The first-order valence-electron chi connectivity index (χ1n) is 11.1. The molecular formula is C28H20Cl2N4O2S. The van der Waals surface area contributed by atoms with Gasteiger partial charge in [0.1, 0.15) is 11.1 Å². The van der Waals surface area contributed by atoms with Crippen LogP contribution in [0.5, 0.6) is 0 Å². The van der Waals surface area contributed by atoms with E-state index in [9.17, 15) is 14.9 Å². The number of thioether (sulfide) groups is 1. The first-order chi connectivity index (χ1) is 17.9. The number of carbonyl (C=O) groups is 2. The van der Waals surface area contributed by atoms with E-state index in [0.29, 0.717) is 43.0 Å². The van der Waals surface area contributed by atoms with E-state index < -0.39 is 11.8 Å². The third kappa shape index (κ3) is 6.49. The Bertz CT molecular complexity index is 1500. The lowest BCUT2D eigenvalue weighted by Crippen LogP contribution is -2.42. The van der Waals surface area contributed by atoms with Crippen LogP contribution in [0.2, 0.25) is 10.0 Å². The average Bonchev–Trinajstić information content (AvgIpc) is 2.91. The molecule has 0 saturated heterocycles. The SMILES string of the molecule is Cc1ccc(C(=O)NNC(=O)CSc2nc(-c3ccc(Cl)cc3)cc(-c3ccccc3Cl)c2C#N)cc1. The number of benzene rings is 3. The van der Waals surface area contributed by atoms with Crippen molar-refractivity contribution in [2.75, 3.05) is 5.75 Å². The van der Waals surface area contributed by atoms with Crippen LogP contribution in [-0.2, 0) is 4.79 Å². The minimum Gasteiger partial charge on any atom is -0.272 e. The fourth-order valence-electron chi connectivity index (χ4n) is 3.47. The standard InChI is InChI=1S/C28H20Cl2N4O2S/c1-17-6-8-19(9-7-17)27(36)34-33-26(35)16-37-28-23(15-31)22(21-4-2-3-5-24(21)30)14-25(32-28)18-10-12-20(29)13-11-18/h2-14H,16H2,1H3,(H,33,35)(H,34,36). The molecule has 9 heteroatoms. The van der Waals surface area contributed by atoms with E-state index in [4.69, 9.17) is 23.2 Å². The molecule has 1 aromatic heterocycles. The highest BCUT2D eigenvalue weighted by Gasteiger charge is 2.19. The van der Waals surface area contributed by atoms with Crippen LogP contribution in [0, 0.1) is 18.3 Å². The fraction of sp³-hybridized carbons (Fsp3) is 0.0714. The Kier molecular flexibility index (Phi) is 8.47. The van der Waals surface area contributed by atoms with Crippen molar-refractivity contribution < 1.29 is 9.59 Å². The molecule has 0 bridgehead atoms. The second-order valence-corrected chi connectivity index (χ2v) is 9.80. The molecule has 2 N–H and O–H groups in total. The minimum absolute atomic E-state index is 0.0815. The second-order valence-electron chi connectivity index (χ2n) is 7.99. The van der Waals surface area contributed by atoms with Crippen molar-refractivity contribution in [3.05, 3.63) is 106 Å². The topological polar surface area (TPSA) is 94.9 Å². The highest BCUT2D eigenvalue weighted by atomic mass is 35.5. The number of hydrogen-bond donors (Lipinski definition) is 2. The maximum absolute atomic E-state index is 12.5. The maximum Gasteiger partial charge on any atom is 0.269 e. The first-order valence-corrected chi connectivity index (χ1v) is 12.8. The number of halogens is 2. The predicted octanol–water partition coefficient (Wildman–Crippen LogP) is 6.46. The van der Waals surface area contributed by atoms with Gasteiger partial charge in [0, 0.05) is 32.3 Å². The number of amides is 2. The summed E-state index contributed by atoms with van der Waals surface area (Å²) in [5.41, 5.74) is 9.22. The van der Waals surface area contributed by atoms with Crippen molar-refractivity contribution in [1.29, 1.82) is 5.26 Å². The van der Waals surface area contributed by atoms with E-state index in [1.54, 1.807) is 36.4 Å². The molecule has 3 aromatic carbocycles. The summed E-state index contributed by atoms with van der Waals surface area (Å²) in [4.78, 5) is 29.5. The summed E-state index contributed by atoms with van der Waals surface area (Å²) in [7, 11) is 0. The van der Waals surface area contributed by atoms with Gasteiger partial charge in [-0.2, -0.15) is 5.26 Å². The van der Waals surface area contributed by atoms with Crippen LogP contribution in [-0.4, -0.2) is 22.6 Å². The summed E-state index contributed by atoms with van der Waals surface area (Å²) < 4.78 is 0. The number of pyridine rings is 1. The van der Waals surface area contributed by atoms with E-state index in [1.165, 1.54) is 0 Å². The van der Waals surface area contributed by atoms with E-state index in [2.05, 4.69) is 21.9 Å². The summed E-state index contributed by atoms with van der Waals surface area (Å²) in [6, 6.07) is 25.4. The van der Waals surface area contributed by atoms with E-state index in [0.717, 1.165) is 22.9 Å². The van der Waals surface area contributed by atoms with Gasteiger partial charge in [0.05, 0.1) is 17.0 Å². The van der Waals surface area contributed by atoms with Crippen molar-refractivity contribution in [3.63, 3.8) is 0 Å². The average molecular weight is 547 g/mol. The number of nitriles is 1. The van der Waals surface area contributed by atoms with Crippen LogP contribution in [0.1, 0.15) is 21.5 Å². The van der Waals surface area contributed by atoms with Gasteiger partial charge in [0.25, 0.3) is 5.91 Å². The van der Waals surface area contributed by atoms with Crippen molar-refractivity contribution in [2.24, 2.45) is 0 Å². The lowest BCUT2D eigenvalue weighted by Gasteiger charge is -2.14. The minimum atomic E-state index is -0.452. The Morgan fingerprint density at radius 2 is 1.65 bits per heavy atom. The number of hydrazine groups is 1. The lowest BCUT2D eigenvalue weighted by molar-refractivity contribution is -0.119. The largest absolute Gasteiger partial charge is 0.272 e. The molecule has 1 heterocycles. The molecule has 37 heavy (non-hydrogen) atoms.